The molecule has 2 amide bonds. The number of benzene rings is 1. The first kappa shape index (κ1) is 17.3. The van der Waals surface area contributed by atoms with Crippen LogP contribution in [0.1, 0.15) is 24.7 Å². The van der Waals surface area contributed by atoms with E-state index in [0.717, 1.165) is 31.5 Å². The maximum atomic E-state index is 12.5. The van der Waals surface area contributed by atoms with Crippen molar-refractivity contribution in [1.29, 1.82) is 0 Å². The van der Waals surface area contributed by atoms with Crippen LogP contribution in [0, 0.1) is 0 Å². The summed E-state index contributed by atoms with van der Waals surface area (Å²) in [7, 11) is 1.73. The van der Waals surface area contributed by atoms with E-state index >= 15 is 0 Å². The standard InChI is InChI=1S/C18H21ClN4O3/c1-25-15-5-7-22(8-6-15)18(24)23-10-13(11-23)17-20-16(21-26-17)12-3-2-4-14(19)9-12/h2-4,9,13,15H,5-8,10-11H2,1H3. The molecule has 0 unspecified atom stereocenters. The molecule has 0 saturated carbocycles. The van der Waals surface area contributed by atoms with Crippen molar-refractivity contribution in [3.8, 4) is 11.4 Å². The Morgan fingerprint density at radius 3 is 2.73 bits per heavy atom. The first-order chi connectivity index (χ1) is 12.6. The molecule has 0 spiro atoms. The van der Waals surface area contributed by atoms with Crippen molar-refractivity contribution < 1.29 is 14.1 Å². The lowest BCUT2D eigenvalue weighted by molar-refractivity contribution is 0.0376. The van der Waals surface area contributed by atoms with Gasteiger partial charge in [-0.1, -0.05) is 28.9 Å². The average molecular weight is 377 g/mol. The Morgan fingerprint density at radius 2 is 2.04 bits per heavy atom. The molecule has 138 valence electrons. The van der Waals surface area contributed by atoms with Crippen LogP contribution in [-0.4, -0.2) is 65.4 Å². The van der Waals surface area contributed by atoms with E-state index in [1.54, 1.807) is 19.2 Å². The summed E-state index contributed by atoms with van der Waals surface area (Å²) in [6.45, 7) is 2.72. The highest BCUT2D eigenvalue weighted by Crippen LogP contribution is 2.29. The minimum absolute atomic E-state index is 0.0883. The predicted molar refractivity (Wildman–Crippen MR) is 96.1 cm³/mol. The highest BCUT2D eigenvalue weighted by atomic mass is 35.5. The fourth-order valence-corrected chi connectivity index (χ4v) is 3.61. The molecule has 2 aliphatic heterocycles. The Morgan fingerprint density at radius 1 is 1.27 bits per heavy atom. The first-order valence-electron chi connectivity index (χ1n) is 8.80. The van der Waals surface area contributed by atoms with Crippen molar-refractivity contribution in [2.45, 2.75) is 24.9 Å². The van der Waals surface area contributed by atoms with Crippen molar-refractivity contribution in [2.24, 2.45) is 0 Å². The molecule has 2 saturated heterocycles. The lowest BCUT2D eigenvalue weighted by atomic mass is 10.0. The van der Waals surface area contributed by atoms with Gasteiger partial charge in [0.05, 0.1) is 12.0 Å². The normalized spacial score (nSPS) is 18.8. The largest absolute Gasteiger partial charge is 0.381 e. The van der Waals surface area contributed by atoms with E-state index in [1.165, 1.54) is 0 Å². The average Bonchev–Trinajstić information content (AvgIpc) is 3.10. The lowest BCUT2D eigenvalue weighted by Crippen LogP contribution is -2.55. The number of amides is 2. The molecule has 8 heteroatoms. The smallest absolute Gasteiger partial charge is 0.320 e. The zero-order valence-electron chi connectivity index (χ0n) is 14.6. The van der Waals surface area contributed by atoms with Crippen LogP contribution in [0.15, 0.2) is 28.8 Å². The van der Waals surface area contributed by atoms with Crippen LogP contribution < -0.4 is 0 Å². The van der Waals surface area contributed by atoms with Gasteiger partial charge in [-0.25, -0.2) is 4.79 Å². The number of carbonyl (C=O) groups excluding carboxylic acids is 1. The Hall–Kier alpha value is -2.12. The van der Waals surface area contributed by atoms with Gasteiger partial charge >= 0.3 is 6.03 Å². The molecule has 0 radical (unpaired) electrons. The summed E-state index contributed by atoms with van der Waals surface area (Å²) in [6, 6.07) is 7.43. The second kappa shape index (κ2) is 7.25. The van der Waals surface area contributed by atoms with Gasteiger partial charge in [0.15, 0.2) is 0 Å². The summed E-state index contributed by atoms with van der Waals surface area (Å²) in [4.78, 5) is 20.7. The van der Waals surface area contributed by atoms with E-state index < -0.39 is 0 Å². The summed E-state index contributed by atoms with van der Waals surface area (Å²) in [5, 5.41) is 4.67. The number of carbonyl (C=O) groups is 1. The molecular weight excluding hydrogens is 356 g/mol. The lowest BCUT2D eigenvalue weighted by Gasteiger charge is -2.42. The molecule has 3 heterocycles. The molecule has 2 aliphatic rings. The Labute approximate surface area is 156 Å². The van der Waals surface area contributed by atoms with Gasteiger partial charge in [-0.3, -0.25) is 0 Å². The van der Waals surface area contributed by atoms with Gasteiger partial charge in [0.2, 0.25) is 11.7 Å². The van der Waals surface area contributed by atoms with Gasteiger partial charge in [-0.15, -0.1) is 0 Å². The quantitative estimate of drug-likeness (QED) is 0.823. The van der Waals surface area contributed by atoms with Crippen LogP contribution in [0.3, 0.4) is 0 Å². The highest BCUT2D eigenvalue weighted by Gasteiger charge is 2.38. The molecule has 0 N–H and O–H groups in total. The molecule has 2 aromatic rings. The van der Waals surface area contributed by atoms with Crippen LogP contribution in [0.4, 0.5) is 4.79 Å². The summed E-state index contributed by atoms with van der Waals surface area (Å²) in [5.41, 5.74) is 0.820. The predicted octanol–water partition coefficient (Wildman–Crippen LogP) is 3.02. The van der Waals surface area contributed by atoms with Crippen molar-refractivity contribution in [3.63, 3.8) is 0 Å². The van der Waals surface area contributed by atoms with E-state index in [-0.39, 0.29) is 18.1 Å². The summed E-state index contributed by atoms with van der Waals surface area (Å²) in [5.74, 6) is 1.19. The van der Waals surface area contributed by atoms with Gasteiger partial charge in [-0.2, -0.15) is 4.98 Å². The number of urea groups is 1. The fraction of sp³-hybridized carbons (Fsp3) is 0.500. The number of hydrogen-bond donors (Lipinski definition) is 0. The fourth-order valence-electron chi connectivity index (χ4n) is 3.42. The number of likely N-dealkylation sites (tertiary alicyclic amines) is 2. The number of methoxy groups -OCH3 is 1. The third-order valence-corrected chi connectivity index (χ3v) is 5.31. The summed E-state index contributed by atoms with van der Waals surface area (Å²) in [6.07, 6.45) is 2.06. The van der Waals surface area contributed by atoms with Gasteiger partial charge in [0.1, 0.15) is 0 Å². The Balaban J connectivity index is 1.33. The first-order valence-corrected chi connectivity index (χ1v) is 9.18. The molecule has 0 bridgehead atoms. The van der Waals surface area contributed by atoms with Gasteiger partial charge in [0, 0.05) is 43.9 Å². The molecule has 0 aliphatic carbocycles. The molecule has 26 heavy (non-hydrogen) atoms. The van der Waals surface area contributed by atoms with E-state index in [1.807, 2.05) is 21.9 Å². The minimum atomic E-state index is 0.0883. The Bertz CT molecular complexity index is 782. The van der Waals surface area contributed by atoms with E-state index in [4.69, 9.17) is 20.9 Å². The number of ether oxygens (including phenoxy) is 1. The number of halogens is 1. The SMILES string of the molecule is COC1CCN(C(=O)N2CC(c3nc(-c4cccc(Cl)c4)no3)C2)CC1. The van der Waals surface area contributed by atoms with E-state index in [0.29, 0.717) is 29.8 Å². The number of nitrogens with zero attached hydrogens (tertiary/aromatic N) is 4. The summed E-state index contributed by atoms with van der Waals surface area (Å²) >= 11 is 6.01. The molecule has 0 atom stereocenters. The summed E-state index contributed by atoms with van der Waals surface area (Å²) < 4.78 is 10.7. The van der Waals surface area contributed by atoms with Gasteiger partial charge in [-0.05, 0) is 25.0 Å². The zero-order chi connectivity index (χ0) is 18.1. The van der Waals surface area contributed by atoms with Crippen molar-refractivity contribution in [1.82, 2.24) is 19.9 Å². The minimum Gasteiger partial charge on any atom is -0.381 e. The van der Waals surface area contributed by atoms with Crippen molar-refractivity contribution in [3.05, 3.63) is 35.2 Å². The van der Waals surface area contributed by atoms with Crippen LogP contribution in [0.2, 0.25) is 5.02 Å². The molecule has 1 aromatic carbocycles. The van der Waals surface area contributed by atoms with Crippen LogP contribution in [0.25, 0.3) is 11.4 Å². The molecular formula is C18H21ClN4O3. The molecule has 2 fully saturated rings. The molecule has 7 nitrogen and oxygen atoms in total. The number of rotatable bonds is 3. The van der Waals surface area contributed by atoms with Gasteiger partial charge in [0.25, 0.3) is 0 Å². The second-order valence-electron chi connectivity index (χ2n) is 6.77. The number of aromatic nitrogens is 2. The van der Waals surface area contributed by atoms with Crippen LogP contribution in [0.5, 0.6) is 0 Å². The van der Waals surface area contributed by atoms with Crippen molar-refractivity contribution >= 4 is 17.6 Å². The van der Waals surface area contributed by atoms with E-state index in [2.05, 4.69) is 10.1 Å². The number of hydrogen-bond acceptors (Lipinski definition) is 5. The Kier molecular flexibility index (Phi) is 4.82. The maximum absolute atomic E-state index is 12.5. The molecule has 4 rings (SSSR count). The number of piperidine rings is 1. The maximum Gasteiger partial charge on any atom is 0.320 e. The second-order valence-corrected chi connectivity index (χ2v) is 7.21. The third-order valence-electron chi connectivity index (χ3n) is 5.07. The monoisotopic (exact) mass is 376 g/mol. The molecule has 1 aromatic heterocycles. The zero-order valence-corrected chi connectivity index (χ0v) is 15.4. The third kappa shape index (κ3) is 3.41. The van der Waals surface area contributed by atoms with Crippen LogP contribution >= 0.6 is 11.6 Å². The van der Waals surface area contributed by atoms with Crippen molar-refractivity contribution in [2.75, 3.05) is 33.3 Å². The topological polar surface area (TPSA) is 71.7 Å². The van der Waals surface area contributed by atoms with Crippen LogP contribution in [-0.2, 0) is 4.74 Å². The van der Waals surface area contributed by atoms with Gasteiger partial charge < -0.3 is 19.1 Å². The highest BCUT2D eigenvalue weighted by molar-refractivity contribution is 6.30. The van der Waals surface area contributed by atoms with E-state index in [9.17, 15) is 4.79 Å².